The van der Waals surface area contributed by atoms with Crippen LogP contribution in [0.1, 0.15) is 30.3 Å². The van der Waals surface area contributed by atoms with E-state index in [1.807, 2.05) is 26.0 Å². The van der Waals surface area contributed by atoms with Crippen LogP contribution in [0.25, 0.3) is 5.95 Å². The van der Waals surface area contributed by atoms with Crippen molar-refractivity contribution in [3.63, 3.8) is 0 Å². The summed E-state index contributed by atoms with van der Waals surface area (Å²) in [5.74, 6) is 0.423. The summed E-state index contributed by atoms with van der Waals surface area (Å²) in [6.45, 7) is 5.42. The Hall–Kier alpha value is -2.75. The van der Waals surface area contributed by atoms with Crippen LogP contribution in [0.15, 0.2) is 12.3 Å². The first-order valence-corrected chi connectivity index (χ1v) is 6.15. The molecule has 0 atom stereocenters. The number of hydrogen-bond acceptors (Lipinski definition) is 5. The SMILES string of the molecule is CCC(=O)Nc1c(C#N)cnn1-c1nc(C)cc(C)n1. The van der Waals surface area contributed by atoms with E-state index < -0.39 is 0 Å². The first-order chi connectivity index (χ1) is 9.55. The first-order valence-electron chi connectivity index (χ1n) is 6.15. The van der Waals surface area contributed by atoms with Gasteiger partial charge in [0.25, 0.3) is 5.95 Å². The van der Waals surface area contributed by atoms with E-state index in [-0.39, 0.29) is 11.5 Å². The summed E-state index contributed by atoms with van der Waals surface area (Å²) in [4.78, 5) is 20.1. The second-order valence-corrected chi connectivity index (χ2v) is 4.28. The minimum Gasteiger partial charge on any atom is -0.309 e. The molecule has 7 heteroatoms. The van der Waals surface area contributed by atoms with E-state index in [0.29, 0.717) is 18.2 Å². The van der Waals surface area contributed by atoms with E-state index in [2.05, 4.69) is 20.4 Å². The van der Waals surface area contributed by atoms with Crippen molar-refractivity contribution in [2.75, 3.05) is 5.32 Å². The molecule has 0 unspecified atom stereocenters. The standard InChI is InChI=1S/C13H14N6O/c1-4-11(20)18-12-10(6-14)7-15-19(12)13-16-8(2)5-9(3)17-13/h5,7H,4H2,1-3H3,(H,18,20). The van der Waals surface area contributed by atoms with Crippen LogP contribution in [0.4, 0.5) is 5.82 Å². The maximum Gasteiger partial charge on any atom is 0.252 e. The highest BCUT2D eigenvalue weighted by atomic mass is 16.1. The number of aromatic nitrogens is 4. The molecule has 0 fully saturated rings. The second-order valence-electron chi connectivity index (χ2n) is 4.28. The molecule has 0 saturated heterocycles. The van der Waals surface area contributed by atoms with Crippen LogP contribution in [0.5, 0.6) is 0 Å². The molecule has 1 amide bonds. The molecule has 0 aromatic carbocycles. The Morgan fingerprint density at radius 3 is 2.60 bits per heavy atom. The summed E-state index contributed by atoms with van der Waals surface area (Å²) < 4.78 is 1.37. The number of nitriles is 1. The van der Waals surface area contributed by atoms with E-state index in [0.717, 1.165) is 11.4 Å². The predicted molar refractivity (Wildman–Crippen MR) is 72.3 cm³/mol. The summed E-state index contributed by atoms with van der Waals surface area (Å²) in [6, 6.07) is 3.83. The zero-order chi connectivity index (χ0) is 14.7. The molecule has 0 aliphatic carbocycles. The molecule has 1 N–H and O–H groups in total. The van der Waals surface area contributed by atoms with Crippen LogP contribution in [0.2, 0.25) is 0 Å². The summed E-state index contributed by atoms with van der Waals surface area (Å²) in [5.41, 5.74) is 1.85. The van der Waals surface area contributed by atoms with Crippen LogP contribution in [-0.2, 0) is 4.79 Å². The third kappa shape index (κ3) is 2.64. The van der Waals surface area contributed by atoms with Crippen LogP contribution >= 0.6 is 0 Å². The van der Waals surface area contributed by atoms with Crippen LogP contribution in [0, 0.1) is 25.2 Å². The molecule has 2 aromatic heterocycles. The van der Waals surface area contributed by atoms with Gasteiger partial charge in [-0.2, -0.15) is 15.0 Å². The molecule has 7 nitrogen and oxygen atoms in total. The van der Waals surface area contributed by atoms with E-state index in [1.165, 1.54) is 10.9 Å². The van der Waals surface area contributed by atoms with Crippen molar-refractivity contribution in [2.24, 2.45) is 0 Å². The fourth-order valence-electron chi connectivity index (χ4n) is 1.72. The van der Waals surface area contributed by atoms with Crippen LogP contribution in [0.3, 0.4) is 0 Å². The smallest absolute Gasteiger partial charge is 0.252 e. The Labute approximate surface area is 116 Å². The Balaban J connectivity index is 2.54. The molecule has 0 bridgehead atoms. The molecule has 2 heterocycles. The predicted octanol–water partition coefficient (Wildman–Crippen LogP) is 1.50. The van der Waals surface area contributed by atoms with Crippen molar-refractivity contribution in [1.29, 1.82) is 5.26 Å². The van der Waals surface area contributed by atoms with E-state index in [1.54, 1.807) is 6.92 Å². The first kappa shape index (κ1) is 13.7. The molecule has 2 rings (SSSR count). The third-order valence-corrected chi connectivity index (χ3v) is 2.63. The fourth-order valence-corrected chi connectivity index (χ4v) is 1.72. The largest absolute Gasteiger partial charge is 0.309 e. The van der Waals surface area contributed by atoms with Gasteiger partial charge in [-0.15, -0.1) is 0 Å². The number of anilines is 1. The highest BCUT2D eigenvalue weighted by Gasteiger charge is 2.16. The van der Waals surface area contributed by atoms with Crippen molar-refractivity contribution in [3.05, 3.63) is 29.2 Å². The zero-order valence-corrected chi connectivity index (χ0v) is 11.5. The van der Waals surface area contributed by atoms with E-state index in [4.69, 9.17) is 5.26 Å². The highest BCUT2D eigenvalue weighted by molar-refractivity contribution is 5.91. The second kappa shape index (κ2) is 5.48. The summed E-state index contributed by atoms with van der Waals surface area (Å²) >= 11 is 0. The van der Waals surface area contributed by atoms with Gasteiger partial charge in [-0.1, -0.05) is 6.92 Å². The van der Waals surface area contributed by atoms with Gasteiger partial charge in [0.2, 0.25) is 5.91 Å². The number of carbonyl (C=O) groups is 1. The average Bonchev–Trinajstić information content (AvgIpc) is 2.80. The van der Waals surface area contributed by atoms with Gasteiger partial charge in [-0.05, 0) is 19.9 Å². The minimum atomic E-state index is -0.201. The Morgan fingerprint density at radius 1 is 1.40 bits per heavy atom. The number of nitrogens with one attached hydrogen (secondary N) is 1. The number of rotatable bonds is 3. The minimum absolute atomic E-state index is 0.201. The Kier molecular flexibility index (Phi) is 3.75. The molecular weight excluding hydrogens is 256 g/mol. The number of aryl methyl sites for hydroxylation is 2. The van der Waals surface area contributed by atoms with Crippen molar-refractivity contribution in [3.8, 4) is 12.0 Å². The quantitative estimate of drug-likeness (QED) is 0.911. The molecule has 102 valence electrons. The maximum absolute atomic E-state index is 11.6. The van der Waals surface area contributed by atoms with E-state index in [9.17, 15) is 4.79 Å². The Bertz CT molecular complexity index is 677. The highest BCUT2D eigenvalue weighted by Crippen LogP contribution is 2.18. The molecule has 2 aromatic rings. The van der Waals surface area contributed by atoms with Gasteiger partial charge in [0.05, 0.1) is 6.20 Å². The normalized spacial score (nSPS) is 10.1. The zero-order valence-electron chi connectivity index (χ0n) is 11.5. The lowest BCUT2D eigenvalue weighted by molar-refractivity contribution is -0.115. The van der Waals surface area contributed by atoms with Crippen LogP contribution < -0.4 is 5.32 Å². The monoisotopic (exact) mass is 270 g/mol. The summed E-state index contributed by atoms with van der Waals surface area (Å²) in [5, 5.41) is 15.8. The number of hydrogen-bond donors (Lipinski definition) is 1. The molecule has 0 aliphatic rings. The molecule has 0 aliphatic heterocycles. The molecule has 0 spiro atoms. The number of amides is 1. The topological polar surface area (TPSA) is 96.5 Å². The van der Waals surface area contributed by atoms with Crippen molar-refractivity contribution in [1.82, 2.24) is 19.7 Å². The van der Waals surface area contributed by atoms with Gasteiger partial charge in [0, 0.05) is 17.8 Å². The molecule has 0 radical (unpaired) electrons. The summed E-state index contributed by atoms with van der Waals surface area (Å²) in [6.07, 6.45) is 1.69. The van der Waals surface area contributed by atoms with Gasteiger partial charge < -0.3 is 5.32 Å². The van der Waals surface area contributed by atoms with Gasteiger partial charge in [-0.3, -0.25) is 4.79 Å². The van der Waals surface area contributed by atoms with Gasteiger partial charge in [0.15, 0.2) is 5.82 Å². The van der Waals surface area contributed by atoms with Crippen molar-refractivity contribution >= 4 is 11.7 Å². The molecule has 0 saturated carbocycles. The fraction of sp³-hybridized carbons (Fsp3) is 0.308. The average molecular weight is 270 g/mol. The lowest BCUT2D eigenvalue weighted by Crippen LogP contribution is -2.16. The maximum atomic E-state index is 11.6. The van der Waals surface area contributed by atoms with Crippen molar-refractivity contribution < 1.29 is 4.79 Å². The van der Waals surface area contributed by atoms with Crippen LogP contribution in [-0.4, -0.2) is 25.7 Å². The molecule has 20 heavy (non-hydrogen) atoms. The third-order valence-electron chi connectivity index (χ3n) is 2.63. The lowest BCUT2D eigenvalue weighted by Gasteiger charge is -2.08. The molecular formula is C13H14N6O. The van der Waals surface area contributed by atoms with Gasteiger partial charge in [-0.25, -0.2) is 9.97 Å². The van der Waals surface area contributed by atoms with Gasteiger partial charge >= 0.3 is 0 Å². The summed E-state index contributed by atoms with van der Waals surface area (Å²) in [7, 11) is 0. The Morgan fingerprint density at radius 2 is 2.05 bits per heavy atom. The van der Waals surface area contributed by atoms with E-state index >= 15 is 0 Å². The number of nitrogens with zero attached hydrogens (tertiary/aromatic N) is 5. The van der Waals surface area contributed by atoms with Crippen molar-refractivity contribution in [2.45, 2.75) is 27.2 Å². The van der Waals surface area contributed by atoms with Gasteiger partial charge in [0.1, 0.15) is 11.6 Å². The lowest BCUT2D eigenvalue weighted by atomic mass is 10.3. The number of carbonyl (C=O) groups excluding carboxylic acids is 1.